The van der Waals surface area contributed by atoms with Gasteiger partial charge in [0.05, 0.1) is 6.10 Å². The minimum absolute atomic E-state index is 0.431. The summed E-state index contributed by atoms with van der Waals surface area (Å²) >= 11 is 0. The number of rotatable bonds is 3. The molecule has 0 saturated heterocycles. The molecule has 0 unspecified atom stereocenters. The van der Waals surface area contributed by atoms with Crippen LogP contribution in [-0.2, 0) is 4.74 Å². The van der Waals surface area contributed by atoms with Crippen molar-refractivity contribution in [1.29, 1.82) is 0 Å². The van der Waals surface area contributed by atoms with E-state index >= 15 is 0 Å². The summed E-state index contributed by atoms with van der Waals surface area (Å²) in [6.07, 6.45) is -12.3. The smallest absolute Gasteiger partial charge is 0.410 e. The second-order valence-electron chi connectivity index (χ2n) is 3.52. The van der Waals surface area contributed by atoms with Crippen LogP contribution < -0.4 is 0 Å². The third kappa shape index (κ3) is 8.64. The lowest BCUT2D eigenvalue weighted by molar-refractivity contribution is -0.175. The molecule has 0 saturated carbocycles. The predicted octanol–water partition coefficient (Wildman–Crippen LogP) is 2.96. The lowest BCUT2D eigenvalue weighted by atomic mass is 10.4. The number of hydrogen-bond donors (Lipinski definition) is 0. The Hall–Kier alpha value is -1.15. The van der Waals surface area contributed by atoms with Gasteiger partial charge in [-0.05, 0) is 13.8 Å². The number of nitrogens with zero attached hydrogens (tertiary/aromatic N) is 1. The highest BCUT2D eigenvalue weighted by molar-refractivity contribution is 5.67. The van der Waals surface area contributed by atoms with E-state index in [0.29, 0.717) is 0 Å². The second-order valence-corrected chi connectivity index (χ2v) is 3.52. The zero-order valence-electron chi connectivity index (χ0n) is 9.02. The minimum Gasteiger partial charge on any atom is -0.447 e. The van der Waals surface area contributed by atoms with E-state index in [-0.39, 0.29) is 0 Å². The lowest BCUT2D eigenvalue weighted by Crippen LogP contribution is -2.45. The Morgan fingerprint density at radius 1 is 1.06 bits per heavy atom. The minimum atomic E-state index is -4.92. The van der Waals surface area contributed by atoms with E-state index in [1.165, 1.54) is 13.8 Å². The first kappa shape index (κ1) is 15.9. The standard InChI is InChI=1S/C8H11F6NO2/c1-5(2)17-6(16)15(3-7(9,10)11)4-8(12,13)14/h5H,3-4H2,1-2H3. The maximum absolute atomic E-state index is 12.0. The van der Waals surface area contributed by atoms with Crippen LogP contribution in [0.1, 0.15) is 13.8 Å². The summed E-state index contributed by atoms with van der Waals surface area (Å²) in [5.74, 6) is 0. The van der Waals surface area contributed by atoms with Gasteiger partial charge in [-0.1, -0.05) is 0 Å². The monoisotopic (exact) mass is 267 g/mol. The first-order valence-corrected chi connectivity index (χ1v) is 4.50. The summed E-state index contributed by atoms with van der Waals surface area (Å²) in [5, 5.41) is 0. The molecule has 0 N–H and O–H groups in total. The van der Waals surface area contributed by atoms with Crippen LogP contribution >= 0.6 is 0 Å². The van der Waals surface area contributed by atoms with E-state index in [1.807, 2.05) is 0 Å². The van der Waals surface area contributed by atoms with Gasteiger partial charge in [0.15, 0.2) is 0 Å². The van der Waals surface area contributed by atoms with Crippen molar-refractivity contribution in [3.8, 4) is 0 Å². The summed E-state index contributed by atoms with van der Waals surface area (Å²) in [6, 6.07) is 0. The van der Waals surface area contributed by atoms with E-state index < -0.39 is 42.5 Å². The third-order valence-electron chi connectivity index (χ3n) is 1.34. The summed E-state index contributed by atoms with van der Waals surface area (Å²) in [5.41, 5.74) is 0. The zero-order valence-corrected chi connectivity index (χ0v) is 9.02. The normalized spacial score (nSPS) is 12.8. The molecule has 0 aromatic carbocycles. The van der Waals surface area contributed by atoms with E-state index in [0.717, 1.165) is 0 Å². The lowest BCUT2D eigenvalue weighted by Gasteiger charge is -2.25. The molecule has 9 heteroatoms. The highest BCUT2D eigenvalue weighted by atomic mass is 19.4. The Labute approximate surface area is 93.3 Å². The molecule has 3 nitrogen and oxygen atoms in total. The summed E-state index contributed by atoms with van der Waals surface area (Å²) in [7, 11) is 0. The van der Waals surface area contributed by atoms with Crippen molar-refractivity contribution in [3.63, 3.8) is 0 Å². The van der Waals surface area contributed by atoms with Crippen molar-refractivity contribution in [2.24, 2.45) is 0 Å². The predicted molar refractivity (Wildman–Crippen MR) is 45.3 cm³/mol. The highest BCUT2D eigenvalue weighted by Gasteiger charge is 2.40. The molecule has 0 spiro atoms. The molecule has 0 atom stereocenters. The number of carbonyl (C=O) groups excluding carboxylic acids is 1. The Morgan fingerprint density at radius 2 is 1.41 bits per heavy atom. The molecule has 0 fully saturated rings. The fourth-order valence-electron chi connectivity index (χ4n) is 0.894. The van der Waals surface area contributed by atoms with Crippen LogP contribution in [0.2, 0.25) is 0 Å². The van der Waals surface area contributed by atoms with E-state index in [2.05, 4.69) is 4.74 Å². The van der Waals surface area contributed by atoms with Crippen LogP contribution in [0.4, 0.5) is 31.1 Å². The fraction of sp³-hybridized carbons (Fsp3) is 0.875. The summed E-state index contributed by atoms with van der Waals surface area (Å²) < 4.78 is 76.1. The molecule has 0 aliphatic rings. The Balaban J connectivity index is 4.67. The number of alkyl halides is 6. The Bertz CT molecular complexity index is 244. The van der Waals surface area contributed by atoms with Gasteiger partial charge in [-0.25, -0.2) is 4.79 Å². The van der Waals surface area contributed by atoms with E-state index in [4.69, 9.17) is 0 Å². The highest BCUT2D eigenvalue weighted by Crippen LogP contribution is 2.22. The van der Waals surface area contributed by atoms with Crippen LogP contribution in [0.5, 0.6) is 0 Å². The van der Waals surface area contributed by atoms with Gasteiger partial charge in [-0.3, -0.25) is 4.90 Å². The quantitative estimate of drug-likeness (QED) is 0.736. The summed E-state index contributed by atoms with van der Waals surface area (Å²) in [4.78, 5) is 10.6. The number of ether oxygens (including phenoxy) is 1. The van der Waals surface area contributed by atoms with E-state index in [1.54, 1.807) is 0 Å². The SMILES string of the molecule is CC(C)OC(=O)N(CC(F)(F)F)CC(F)(F)F. The molecule has 102 valence electrons. The molecule has 0 heterocycles. The maximum atomic E-state index is 12.0. The number of halogens is 6. The van der Waals surface area contributed by atoms with Crippen molar-refractivity contribution >= 4 is 6.09 Å². The van der Waals surface area contributed by atoms with Crippen LogP contribution in [0.15, 0.2) is 0 Å². The maximum Gasteiger partial charge on any atom is 0.410 e. The number of carbonyl (C=O) groups is 1. The van der Waals surface area contributed by atoms with Gasteiger partial charge in [-0.15, -0.1) is 0 Å². The zero-order chi connectivity index (χ0) is 13.9. The van der Waals surface area contributed by atoms with Crippen molar-refractivity contribution in [2.45, 2.75) is 32.3 Å². The average Bonchev–Trinajstić information content (AvgIpc) is 1.95. The molecule has 0 rings (SSSR count). The molecule has 0 aromatic heterocycles. The summed E-state index contributed by atoms with van der Waals surface area (Å²) in [6.45, 7) is -1.37. The van der Waals surface area contributed by atoms with Gasteiger partial charge in [0.25, 0.3) is 0 Å². The largest absolute Gasteiger partial charge is 0.447 e. The van der Waals surface area contributed by atoms with Gasteiger partial charge in [-0.2, -0.15) is 26.3 Å². The Morgan fingerprint density at radius 3 is 1.65 bits per heavy atom. The number of amides is 1. The van der Waals surface area contributed by atoms with Gasteiger partial charge >= 0.3 is 18.4 Å². The molecule has 0 radical (unpaired) electrons. The van der Waals surface area contributed by atoms with Crippen molar-refractivity contribution in [3.05, 3.63) is 0 Å². The van der Waals surface area contributed by atoms with Gasteiger partial charge in [0.1, 0.15) is 13.1 Å². The molecule has 0 aromatic rings. The van der Waals surface area contributed by atoms with Crippen LogP contribution in [0.3, 0.4) is 0 Å². The molecular formula is C8H11F6NO2. The first-order valence-electron chi connectivity index (χ1n) is 4.50. The van der Waals surface area contributed by atoms with Crippen molar-refractivity contribution < 1.29 is 35.9 Å². The molecule has 0 aliphatic carbocycles. The topological polar surface area (TPSA) is 29.5 Å². The van der Waals surface area contributed by atoms with Gasteiger partial charge < -0.3 is 4.74 Å². The Kier molecular flexibility index (Phi) is 5.09. The fourth-order valence-corrected chi connectivity index (χ4v) is 0.894. The van der Waals surface area contributed by atoms with Crippen LogP contribution in [0.25, 0.3) is 0 Å². The molecule has 0 bridgehead atoms. The molecule has 0 aliphatic heterocycles. The molecule has 1 amide bonds. The van der Waals surface area contributed by atoms with Crippen LogP contribution in [0, 0.1) is 0 Å². The average molecular weight is 267 g/mol. The van der Waals surface area contributed by atoms with Gasteiger partial charge in [0, 0.05) is 0 Å². The third-order valence-corrected chi connectivity index (χ3v) is 1.34. The van der Waals surface area contributed by atoms with Crippen molar-refractivity contribution in [1.82, 2.24) is 4.90 Å². The van der Waals surface area contributed by atoms with E-state index in [9.17, 15) is 31.1 Å². The first-order chi connectivity index (χ1) is 7.41. The molecular weight excluding hydrogens is 256 g/mol. The molecule has 17 heavy (non-hydrogen) atoms. The number of hydrogen-bond acceptors (Lipinski definition) is 2. The second kappa shape index (κ2) is 5.46. The van der Waals surface area contributed by atoms with Crippen LogP contribution in [-0.4, -0.2) is 42.5 Å². The van der Waals surface area contributed by atoms with Gasteiger partial charge in [0.2, 0.25) is 0 Å². The van der Waals surface area contributed by atoms with Crippen molar-refractivity contribution in [2.75, 3.05) is 13.1 Å².